The Bertz CT molecular complexity index is 554. The van der Waals surface area contributed by atoms with Crippen molar-refractivity contribution in [2.24, 2.45) is 0 Å². The highest BCUT2D eigenvalue weighted by atomic mass is 19.4. The number of carbonyl (C=O) groups excluding carboxylic acids is 1. The SMILES string of the molecule is O=C(N[C@@H]1COc2ccc(C(F)(F)F)cc21)[C@H]1CCCN1. The molecule has 0 radical (unpaired) electrons. The first-order valence-corrected chi connectivity index (χ1v) is 6.83. The van der Waals surface area contributed by atoms with E-state index in [1.54, 1.807) is 0 Å². The van der Waals surface area contributed by atoms with Gasteiger partial charge < -0.3 is 15.4 Å². The molecular weight excluding hydrogens is 285 g/mol. The average molecular weight is 300 g/mol. The van der Waals surface area contributed by atoms with Gasteiger partial charge in [-0.3, -0.25) is 4.79 Å². The Kier molecular flexibility index (Phi) is 3.52. The number of hydrogen-bond donors (Lipinski definition) is 2. The molecule has 2 aliphatic rings. The van der Waals surface area contributed by atoms with Crippen molar-refractivity contribution in [1.29, 1.82) is 0 Å². The van der Waals surface area contributed by atoms with Gasteiger partial charge in [-0.05, 0) is 37.6 Å². The van der Waals surface area contributed by atoms with Gasteiger partial charge in [-0.1, -0.05) is 0 Å². The van der Waals surface area contributed by atoms with Crippen LogP contribution in [0.1, 0.15) is 30.0 Å². The van der Waals surface area contributed by atoms with E-state index in [-0.39, 0.29) is 18.6 Å². The molecule has 0 unspecified atom stereocenters. The molecule has 21 heavy (non-hydrogen) atoms. The number of hydrogen-bond acceptors (Lipinski definition) is 3. The fraction of sp³-hybridized carbons (Fsp3) is 0.500. The minimum absolute atomic E-state index is 0.162. The van der Waals surface area contributed by atoms with Crippen LogP contribution in [0.2, 0.25) is 0 Å². The smallest absolute Gasteiger partial charge is 0.416 e. The van der Waals surface area contributed by atoms with E-state index in [4.69, 9.17) is 4.74 Å². The lowest BCUT2D eigenvalue weighted by Gasteiger charge is -2.16. The molecule has 2 heterocycles. The number of alkyl halides is 3. The first kappa shape index (κ1) is 14.2. The Morgan fingerprint density at radius 2 is 2.19 bits per heavy atom. The molecule has 0 bridgehead atoms. The molecule has 0 aliphatic carbocycles. The number of nitrogens with one attached hydrogen (secondary N) is 2. The normalized spacial score (nSPS) is 24.5. The highest BCUT2D eigenvalue weighted by molar-refractivity contribution is 5.82. The molecular formula is C14H15F3N2O2. The van der Waals surface area contributed by atoms with Gasteiger partial charge in [-0.25, -0.2) is 0 Å². The quantitative estimate of drug-likeness (QED) is 0.878. The van der Waals surface area contributed by atoms with Crippen LogP contribution in [-0.2, 0) is 11.0 Å². The predicted octanol–water partition coefficient (Wildman–Crippen LogP) is 2.01. The van der Waals surface area contributed by atoms with Gasteiger partial charge in [0.05, 0.1) is 17.6 Å². The first-order valence-electron chi connectivity index (χ1n) is 6.83. The van der Waals surface area contributed by atoms with Crippen molar-refractivity contribution in [2.45, 2.75) is 31.1 Å². The maximum Gasteiger partial charge on any atom is 0.416 e. The van der Waals surface area contributed by atoms with Crippen LogP contribution < -0.4 is 15.4 Å². The van der Waals surface area contributed by atoms with Crippen molar-refractivity contribution in [3.05, 3.63) is 29.3 Å². The van der Waals surface area contributed by atoms with Crippen LogP contribution in [0, 0.1) is 0 Å². The van der Waals surface area contributed by atoms with Crippen LogP contribution in [0.15, 0.2) is 18.2 Å². The molecule has 0 spiro atoms. The molecule has 0 aromatic heterocycles. The van der Waals surface area contributed by atoms with Crippen molar-refractivity contribution >= 4 is 5.91 Å². The minimum atomic E-state index is -4.40. The van der Waals surface area contributed by atoms with Crippen LogP contribution in [0.25, 0.3) is 0 Å². The summed E-state index contributed by atoms with van der Waals surface area (Å²) >= 11 is 0. The van der Waals surface area contributed by atoms with E-state index in [1.807, 2.05) is 0 Å². The van der Waals surface area contributed by atoms with Crippen LogP contribution in [0.4, 0.5) is 13.2 Å². The standard InChI is InChI=1S/C14H15F3N2O2/c15-14(16,17)8-3-4-12-9(6-8)11(7-21-12)19-13(20)10-2-1-5-18-10/h3-4,6,10-11,18H,1-2,5,7H2,(H,19,20)/t10-,11-/m1/s1. The fourth-order valence-electron chi connectivity index (χ4n) is 2.69. The molecule has 1 aromatic rings. The Morgan fingerprint density at radius 3 is 2.86 bits per heavy atom. The van der Waals surface area contributed by atoms with Gasteiger partial charge in [0.2, 0.25) is 5.91 Å². The van der Waals surface area contributed by atoms with Crippen LogP contribution in [0.3, 0.4) is 0 Å². The van der Waals surface area contributed by atoms with E-state index in [9.17, 15) is 18.0 Å². The zero-order valence-corrected chi connectivity index (χ0v) is 11.2. The Hall–Kier alpha value is -1.76. The summed E-state index contributed by atoms with van der Waals surface area (Å²) in [7, 11) is 0. The predicted molar refractivity (Wildman–Crippen MR) is 68.8 cm³/mol. The second kappa shape index (κ2) is 5.22. The lowest BCUT2D eigenvalue weighted by molar-refractivity contribution is -0.137. The number of halogens is 3. The zero-order chi connectivity index (χ0) is 15.0. The summed E-state index contributed by atoms with van der Waals surface area (Å²) < 4.78 is 43.6. The molecule has 4 nitrogen and oxygen atoms in total. The monoisotopic (exact) mass is 300 g/mol. The van der Waals surface area contributed by atoms with Gasteiger partial charge in [0.25, 0.3) is 0 Å². The molecule has 1 saturated heterocycles. The third-order valence-electron chi connectivity index (χ3n) is 3.81. The molecule has 7 heteroatoms. The van der Waals surface area contributed by atoms with Gasteiger partial charge in [-0.15, -0.1) is 0 Å². The minimum Gasteiger partial charge on any atom is -0.491 e. The molecule has 1 aromatic carbocycles. The van der Waals surface area contributed by atoms with Crippen molar-refractivity contribution in [2.75, 3.05) is 13.2 Å². The fourth-order valence-corrected chi connectivity index (χ4v) is 2.69. The topological polar surface area (TPSA) is 50.4 Å². The van der Waals surface area contributed by atoms with E-state index in [0.717, 1.165) is 31.5 Å². The van der Waals surface area contributed by atoms with E-state index >= 15 is 0 Å². The zero-order valence-electron chi connectivity index (χ0n) is 11.2. The summed E-state index contributed by atoms with van der Waals surface area (Å²) in [6, 6.07) is 2.55. The van der Waals surface area contributed by atoms with E-state index in [1.165, 1.54) is 6.07 Å². The van der Waals surface area contributed by atoms with Crippen molar-refractivity contribution in [3.8, 4) is 5.75 Å². The second-order valence-corrected chi connectivity index (χ2v) is 5.27. The van der Waals surface area contributed by atoms with Gasteiger partial charge >= 0.3 is 6.18 Å². The van der Waals surface area contributed by atoms with Gasteiger partial charge in [0.15, 0.2) is 0 Å². The molecule has 0 saturated carbocycles. The average Bonchev–Trinajstić information content (AvgIpc) is 3.07. The lowest BCUT2D eigenvalue weighted by atomic mass is 10.0. The summed E-state index contributed by atoms with van der Waals surface area (Å²) in [5.41, 5.74) is -0.346. The molecule has 3 rings (SSSR count). The third-order valence-corrected chi connectivity index (χ3v) is 3.81. The van der Waals surface area contributed by atoms with Crippen molar-refractivity contribution in [1.82, 2.24) is 10.6 Å². The maximum atomic E-state index is 12.8. The number of benzene rings is 1. The van der Waals surface area contributed by atoms with Crippen LogP contribution in [0.5, 0.6) is 5.75 Å². The van der Waals surface area contributed by atoms with Crippen molar-refractivity contribution < 1.29 is 22.7 Å². The summed E-state index contributed by atoms with van der Waals surface area (Å²) in [6.45, 7) is 0.948. The Balaban J connectivity index is 1.77. The molecule has 1 fully saturated rings. The van der Waals surface area contributed by atoms with Crippen LogP contribution >= 0.6 is 0 Å². The first-order chi connectivity index (χ1) is 9.95. The number of ether oxygens (including phenoxy) is 1. The van der Waals surface area contributed by atoms with Crippen molar-refractivity contribution in [3.63, 3.8) is 0 Å². The highest BCUT2D eigenvalue weighted by Gasteiger charge is 2.35. The highest BCUT2D eigenvalue weighted by Crippen LogP contribution is 2.38. The van der Waals surface area contributed by atoms with E-state index < -0.39 is 17.8 Å². The van der Waals surface area contributed by atoms with Gasteiger partial charge in [-0.2, -0.15) is 13.2 Å². The number of carbonyl (C=O) groups is 1. The van der Waals surface area contributed by atoms with Crippen LogP contribution in [-0.4, -0.2) is 25.1 Å². The maximum absolute atomic E-state index is 12.8. The van der Waals surface area contributed by atoms with E-state index in [0.29, 0.717) is 11.3 Å². The Labute approximate surface area is 119 Å². The molecule has 2 aliphatic heterocycles. The molecule has 2 atom stereocenters. The summed E-state index contributed by atoms with van der Waals surface area (Å²) in [6.07, 6.45) is -2.73. The number of fused-ring (bicyclic) bond motifs is 1. The summed E-state index contributed by atoms with van der Waals surface area (Å²) in [5.74, 6) is 0.207. The van der Waals surface area contributed by atoms with Gasteiger partial charge in [0.1, 0.15) is 12.4 Å². The number of rotatable bonds is 2. The third kappa shape index (κ3) is 2.83. The molecule has 1 amide bonds. The summed E-state index contributed by atoms with van der Waals surface area (Å²) in [4.78, 5) is 12.0. The second-order valence-electron chi connectivity index (χ2n) is 5.27. The van der Waals surface area contributed by atoms with E-state index in [2.05, 4.69) is 10.6 Å². The Morgan fingerprint density at radius 1 is 1.38 bits per heavy atom. The summed E-state index contributed by atoms with van der Waals surface area (Å²) in [5, 5.41) is 5.82. The molecule has 114 valence electrons. The molecule has 2 N–H and O–H groups in total. The number of amides is 1. The largest absolute Gasteiger partial charge is 0.491 e. The lowest BCUT2D eigenvalue weighted by Crippen LogP contribution is -2.42. The van der Waals surface area contributed by atoms with Gasteiger partial charge in [0, 0.05) is 5.56 Å².